The van der Waals surface area contributed by atoms with Gasteiger partial charge in [0.25, 0.3) is 0 Å². The highest BCUT2D eigenvalue weighted by molar-refractivity contribution is 7.80. The van der Waals surface area contributed by atoms with Crippen LogP contribution in [0.5, 0.6) is 0 Å². The number of hydrogen-bond donors (Lipinski definition) is 1. The summed E-state index contributed by atoms with van der Waals surface area (Å²) in [5.41, 5.74) is 1.42. The van der Waals surface area contributed by atoms with Gasteiger partial charge in [0.2, 0.25) is 0 Å². The van der Waals surface area contributed by atoms with E-state index >= 15 is 0 Å². The number of thiocarbonyl (C=S) groups is 1. The van der Waals surface area contributed by atoms with Gasteiger partial charge in [0.1, 0.15) is 0 Å². The molecule has 0 aromatic heterocycles. The molecule has 0 amide bonds. The Bertz CT molecular complexity index is 294. The van der Waals surface area contributed by atoms with Gasteiger partial charge in [-0.2, -0.15) is 0 Å². The number of benzene rings is 1. The molecule has 1 saturated heterocycles. The molecule has 1 aromatic carbocycles. The molecule has 0 bridgehead atoms. The third-order valence-electron chi connectivity index (χ3n) is 2.43. The molecule has 1 atom stereocenters. The van der Waals surface area contributed by atoms with E-state index in [0.29, 0.717) is 5.92 Å². The van der Waals surface area contributed by atoms with Crippen molar-refractivity contribution in [3.63, 3.8) is 0 Å². The van der Waals surface area contributed by atoms with E-state index in [1.807, 2.05) is 0 Å². The molecule has 2 heteroatoms. The molecule has 1 nitrogen and oxygen atoms in total. The summed E-state index contributed by atoms with van der Waals surface area (Å²) in [5.74, 6) is 0.704. The Morgan fingerprint density at radius 2 is 2.08 bits per heavy atom. The number of hydrogen-bond acceptors (Lipinski definition) is 1. The van der Waals surface area contributed by atoms with Crippen molar-refractivity contribution in [1.82, 2.24) is 5.32 Å². The molecule has 0 aliphatic carbocycles. The maximum absolute atomic E-state index is 5.10. The van der Waals surface area contributed by atoms with Crippen LogP contribution in [0.15, 0.2) is 30.3 Å². The van der Waals surface area contributed by atoms with Gasteiger partial charge in [-0.15, -0.1) is 0 Å². The van der Waals surface area contributed by atoms with Crippen LogP contribution in [0.25, 0.3) is 0 Å². The van der Waals surface area contributed by atoms with Gasteiger partial charge in [-0.25, -0.2) is 0 Å². The van der Waals surface area contributed by atoms with Crippen LogP contribution in [0.4, 0.5) is 0 Å². The molecule has 1 aromatic rings. The molecular weight excluding hydrogens is 178 g/mol. The summed E-state index contributed by atoms with van der Waals surface area (Å²) < 4.78 is 0. The van der Waals surface area contributed by atoms with Crippen LogP contribution in [-0.4, -0.2) is 11.5 Å². The Kier molecular flexibility index (Phi) is 2.60. The van der Waals surface area contributed by atoms with E-state index in [1.165, 1.54) is 5.56 Å². The predicted molar refractivity (Wildman–Crippen MR) is 58.9 cm³/mol. The largest absolute Gasteiger partial charge is 0.379 e. The van der Waals surface area contributed by atoms with Gasteiger partial charge in [-0.1, -0.05) is 42.5 Å². The van der Waals surface area contributed by atoms with Crippen molar-refractivity contribution in [3.05, 3.63) is 35.9 Å². The first-order valence-corrected chi connectivity index (χ1v) is 5.06. The van der Waals surface area contributed by atoms with Crippen molar-refractivity contribution >= 4 is 17.2 Å². The second-order valence-electron chi connectivity index (χ2n) is 3.56. The predicted octanol–water partition coefficient (Wildman–Crippen LogP) is 2.17. The molecule has 1 fully saturated rings. The topological polar surface area (TPSA) is 12.0 Å². The van der Waals surface area contributed by atoms with E-state index in [0.717, 1.165) is 24.4 Å². The molecule has 0 spiro atoms. The minimum atomic E-state index is 0.704. The van der Waals surface area contributed by atoms with Crippen molar-refractivity contribution in [3.8, 4) is 0 Å². The SMILES string of the molecule is S=C1C[C@@H](Cc2ccccc2)CN1. The normalized spacial score (nSPS) is 21.5. The van der Waals surface area contributed by atoms with Crippen LogP contribution in [0.3, 0.4) is 0 Å². The van der Waals surface area contributed by atoms with E-state index in [4.69, 9.17) is 12.2 Å². The molecule has 0 saturated carbocycles. The fourth-order valence-corrected chi connectivity index (χ4v) is 2.08. The molecule has 1 N–H and O–H groups in total. The zero-order chi connectivity index (χ0) is 9.10. The summed E-state index contributed by atoms with van der Waals surface area (Å²) in [6, 6.07) is 10.6. The van der Waals surface area contributed by atoms with Gasteiger partial charge < -0.3 is 5.32 Å². The lowest BCUT2D eigenvalue weighted by atomic mass is 9.99. The summed E-state index contributed by atoms with van der Waals surface area (Å²) in [6.07, 6.45) is 2.21. The lowest BCUT2D eigenvalue weighted by molar-refractivity contribution is 0.585. The third kappa shape index (κ3) is 2.28. The number of nitrogens with one attached hydrogen (secondary N) is 1. The molecule has 1 heterocycles. The second-order valence-corrected chi connectivity index (χ2v) is 4.06. The van der Waals surface area contributed by atoms with Crippen LogP contribution in [0.1, 0.15) is 12.0 Å². The lowest BCUT2D eigenvalue weighted by Crippen LogP contribution is -2.13. The molecule has 0 radical (unpaired) electrons. The Hall–Kier alpha value is -0.890. The van der Waals surface area contributed by atoms with Crippen LogP contribution in [0, 0.1) is 5.92 Å². The summed E-state index contributed by atoms with van der Waals surface area (Å²) in [4.78, 5) is 1.03. The van der Waals surface area contributed by atoms with Gasteiger partial charge >= 0.3 is 0 Å². The first kappa shape index (κ1) is 8.70. The van der Waals surface area contributed by atoms with Crippen LogP contribution >= 0.6 is 12.2 Å². The van der Waals surface area contributed by atoms with E-state index in [1.54, 1.807) is 0 Å². The summed E-state index contributed by atoms with van der Waals surface area (Å²) in [6.45, 7) is 1.05. The highest BCUT2D eigenvalue weighted by atomic mass is 32.1. The Labute approximate surface area is 84.2 Å². The van der Waals surface area contributed by atoms with Crippen LogP contribution in [0.2, 0.25) is 0 Å². The van der Waals surface area contributed by atoms with Crippen LogP contribution in [-0.2, 0) is 6.42 Å². The van der Waals surface area contributed by atoms with Gasteiger partial charge in [-0.05, 0) is 17.9 Å². The van der Waals surface area contributed by atoms with Gasteiger partial charge in [0.05, 0.1) is 4.99 Å². The van der Waals surface area contributed by atoms with Gasteiger partial charge in [0.15, 0.2) is 0 Å². The maximum Gasteiger partial charge on any atom is 0.0757 e. The smallest absolute Gasteiger partial charge is 0.0757 e. The minimum absolute atomic E-state index is 0.704. The van der Waals surface area contributed by atoms with Gasteiger partial charge in [0, 0.05) is 13.0 Å². The van der Waals surface area contributed by atoms with E-state index in [-0.39, 0.29) is 0 Å². The molecule has 0 unspecified atom stereocenters. The third-order valence-corrected chi connectivity index (χ3v) is 2.74. The van der Waals surface area contributed by atoms with Crippen molar-refractivity contribution in [2.75, 3.05) is 6.54 Å². The summed E-state index contributed by atoms with van der Waals surface area (Å²) in [7, 11) is 0. The Morgan fingerprint density at radius 3 is 2.69 bits per heavy atom. The lowest BCUT2D eigenvalue weighted by Gasteiger charge is -2.06. The average Bonchev–Trinajstić information content (AvgIpc) is 2.53. The van der Waals surface area contributed by atoms with Gasteiger partial charge in [-0.3, -0.25) is 0 Å². The zero-order valence-corrected chi connectivity index (χ0v) is 8.31. The first-order valence-electron chi connectivity index (χ1n) is 4.65. The molecular formula is C11H13NS. The summed E-state index contributed by atoms with van der Waals surface area (Å²) >= 11 is 5.10. The van der Waals surface area contributed by atoms with Crippen molar-refractivity contribution < 1.29 is 0 Å². The first-order chi connectivity index (χ1) is 6.34. The van der Waals surface area contributed by atoms with E-state index in [9.17, 15) is 0 Å². The zero-order valence-electron chi connectivity index (χ0n) is 7.49. The summed E-state index contributed by atoms with van der Waals surface area (Å²) in [5, 5.41) is 3.22. The standard InChI is InChI=1S/C11H13NS/c13-11-7-10(8-12-11)6-9-4-2-1-3-5-9/h1-5,10H,6-8H2,(H,12,13)/t10-/m1/s1. The van der Waals surface area contributed by atoms with Crippen molar-refractivity contribution in [1.29, 1.82) is 0 Å². The monoisotopic (exact) mass is 191 g/mol. The molecule has 13 heavy (non-hydrogen) atoms. The minimum Gasteiger partial charge on any atom is -0.379 e. The van der Waals surface area contributed by atoms with E-state index < -0.39 is 0 Å². The second kappa shape index (κ2) is 3.88. The Morgan fingerprint density at radius 1 is 1.31 bits per heavy atom. The van der Waals surface area contributed by atoms with Crippen LogP contribution < -0.4 is 5.32 Å². The quantitative estimate of drug-likeness (QED) is 0.719. The van der Waals surface area contributed by atoms with Crippen molar-refractivity contribution in [2.45, 2.75) is 12.8 Å². The Balaban J connectivity index is 1.96. The maximum atomic E-state index is 5.10. The number of rotatable bonds is 2. The fourth-order valence-electron chi connectivity index (χ4n) is 1.76. The fraction of sp³-hybridized carbons (Fsp3) is 0.364. The highest BCUT2D eigenvalue weighted by Gasteiger charge is 2.18. The highest BCUT2D eigenvalue weighted by Crippen LogP contribution is 2.16. The molecule has 1 aliphatic heterocycles. The molecule has 2 rings (SSSR count). The van der Waals surface area contributed by atoms with Crippen molar-refractivity contribution in [2.24, 2.45) is 5.92 Å². The average molecular weight is 191 g/mol. The van der Waals surface area contributed by atoms with E-state index in [2.05, 4.69) is 35.6 Å². The molecule has 68 valence electrons. The molecule has 1 aliphatic rings.